The molecule has 6 rings (SSSR count). The van der Waals surface area contributed by atoms with E-state index < -0.39 is 11.9 Å². The van der Waals surface area contributed by atoms with E-state index in [0.717, 1.165) is 31.3 Å². The highest BCUT2D eigenvalue weighted by molar-refractivity contribution is 5.76. The van der Waals surface area contributed by atoms with Crippen molar-refractivity contribution >= 4 is 6.03 Å². The number of aromatic nitrogens is 5. The number of aromatic amines is 1. The van der Waals surface area contributed by atoms with E-state index in [2.05, 4.69) is 25.1 Å². The summed E-state index contributed by atoms with van der Waals surface area (Å²) >= 11 is 0. The highest BCUT2D eigenvalue weighted by atomic mass is 19.4. The maximum absolute atomic E-state index is 12.8. The molecule has 1 unspecified atom stereocenters. The van der Waals surface area contributed by atoms with Gasteiger partial charge in [-0.2, -0.15) is 18.3 Å². The van der Waals surface area contributed by atoms with Gasteiger partial charge in [0.1, 0.15) is 17.8 Å². The van der Waals surface area contributed by atoms with Crippen LogP contribution >= 0.6 is 0 Å². The van der Waals surface area contributed by atoms with Crippen molar-refractivity contribution < 1.29 is 22.7 Å². The number of urea groups is 1. The fourth-order valence-corrected chi connectivity index (χ4v) is 5.18. The van der Waals surface area contributed by atoms with Crippen LogP contribution in [-0.4, -0.2) is 72.8 Å². The van der Waals surface area contributed by atoms with Gasteiger partial charge in [0.25, 0.3) is 0 Å². The summed E-state index contributed by atoms with van der Waals surface area (Å²) in [5.74, 6) is 1.49. The van der Waals surface area contributed by atoms with Crippen molar-refractivity contribution in [2.45, 2.75) is 37.0 Å². The predicted octanol–water partition coefficient (Wildman–Crippen LogP) is 2.07. The van der Waals surface area contributed by atoms with Gasteiger partial charge >= 0.3 is 12.2 Å². The molecule has 0 bridgehead atoms. The molecule has 0 aromatic carbocycles. The molecule has 2 aliphatic carbocycles. The highest BCUT2D eigenvalue weighted by Crippen LogP contribution is 2.84. The number of H-pyrrole nitrogens is 1. The number of carbonyl (C=O) groups excluding carboxylic acids is 1. The van der Waals surface area contributed by atoms with E-state index in [1.165, 1.54) is 6.33 Å². The summed E-state index contributed by atoms with van der Waals surface area (Å²) < 4.78 is 43.8. The highest BCUT2D eigenvalue weighted by Gasteiger charge is 2.89. The van der Waals surface area contributed by atoms with Crippen LogP contribution in [0.2, 0.25) is 0 Å². The van der Waals surface area contributed by atoms with Gasteiger partial charge in [0.15, 0.2) is 5.69 Å². The van der Waals surface area contributed by atoms with Crippen LogP contribution in [0.5, 0.6) is 5.88 Å². The number of rotatable bonds is 4. The number of amides is 2. The van der Waals surface area contributed by atoms with Gasteiger partial charge in [-0.05, 0) is 19.3 Å². The normalized spacial score (nSPS) is 31.9. The monoisotopic (exact) mass is 435 g/mol. The van der Waals surface area contributed by atoms with Gasteiger partial charge in [-0.15, -0.1) is 0 Å². The number of likely N-dealkylation sites (tertiary alicyclic amines) is 2. The molecule has 9 nitrogen and oxygen atoms in total. The summed E-state index contributed by atoms with van der Waals surface area (Å²) in [4.78, 5) is 27.9. The Morgan fingerprint density at radius 1 is 1.13 bits per heavy atom. The lowest BCUT2D eigenvalue weighted by molar-refractivity contribution is -0.141. The number of alkyl halides is 3. The SMILES string of the molecule is O=C(N1CCC(c2ncn[nH]2)C1)N1CC(C23CC2(Oc2cnc(C(F)(F)F)cn2)C3)C1. The summed E-state index contributed by atoms with van der Waals surface area (Å²) in [6.07, 6.45) is 1.28. The molecule has 31 heavy (non-hydrogen) atoms. The average Bonchev–Trinajstić information content (AvgIpc) is 3.22. The average molecular weight is 435 g/mol. The summed E-state index contributed by atoms with van der Waals surface area (Å²) in [5.41, 5.74) is -1.34. The summed E-state index contributed by atoms with van der Waals surface area (Å²) in [6.45, 7) is 2.72. The van der Waals surface area contributed by atoms with Crippen molar-refractivity contribution in [3.63, 3.8) is 0 Å². The van der Waals surface area contributed by atoms with E-state index in [9.17, 15) is 18.0 Å². The first-order valence-electron chi connectivity index (χ1n) is 10.3. The quantitative estimate of drug-likeness (QED) is 0.789. The molecule has 2 aromatic heterocycles. The standard InChI is InChI=1S/C19H20F3N7O2/c20-19(21,22)13-3-24-14(4-23-13)31-18-8-17(18,9-18)12-6-29(7-12)16(30)28-2-1-11(5-28)15-25-10-26-27-15/h3-4,10-12H,1-2,5-9H2,(H,25,26,27). The van der Waals surface area contributed by atoms with Crippen molar-refractivity contribution in [2.24, 2.45) is 11.3 Å². The fraction of sp³-hybridized carbons (Fsp3) is 0.632. The number of nitrogens with one attached hydrogen (secondary N) is 1. The van der Waals surface area contributed by atoms with Gasteiger partial charge in [0, 0.05) is 43.4 Å². The topological polar surface area (TPSA) is 100 Å². The van der Waals surface area contributed by atoms with Gasteiger partial charge < -0.3 is 14.5 Å². The second-order valence-corrected chi connectivity index (χ2v) is 9.03. The lowest BCUT2D eigenvalue weighted by Gasteiger charge is -2.42. The van der Waals surface area contributed by atoms with Crippen molar-refractivity contribution in [3.8, 4) is 5.88 Å². The van der Waals surface area contributed by atoms with Crippen molar-refractivity contribution in [1.29, 1.82) is 0 Å². The third kappa shape index (κ3) is 2.87. The third-order valence-electron chi connectivity index (χ3n) is 7.29. The molecule has 4 fully saturated rings. The van der Waals surface area contributed by atoms with Crippen LogP contribution in [-0.2, 0) is 6.18 Å². The van der Waals surface area contributed by atoms with Gasteiger partial charge in [0.2, 0.25) is 5.88 Å². The van der Waals surface area contributed by atoms with Crippen LogP contribution in [0, 0.1) is 11.3 Å². The van der Waals surface area contributed by atoms with Crippen molar-refractivity contribution in [3.05, 3.63) is 30.2 Å². The Morgan fingerprint density at radius 2 is 1.94 bits per heavy atom. The number of fused-ring (bicyclic) bond motifs is 1. The van der Waals surface area contributed by atoms with Crippen LogP contribution in [0.3, 0.4) is 0 Å². The zero-order valence-corrected chi connectivity index (χ0v) is 16.5. The third-order valence-corrected chi connectivity index (χ3v) is 7.29. The molecule has 12 heteroatoms. The summed E-state index contributed by atoms with van der Waals surface area (Å²) in [5, 5.41) is 6.76. The summed E-state index contributed by atoms with van der Waals surface area (Å²) in [6, 6.07) is 0.0519. The molecule has 2 aliphatic heterocycles. The Morgan fingerprint density at radius 3 is 2.58 bits per heavy atom. The second-order valence-electron chi connectivity index (χ2n) is 9.03. The Labute approximate surface area is 175 Å². The van der Waals surface area contributed by atoms with Crippen LogP contribution in [0.1, 0.15) is 36.7 Å². The molecule has 0 spiro atoms. The van der Waals surface area contributed by atoms with Gasteiger partial charge in [-0.25, -0.2) is 19.7 Å². The van der Waals surface area contributed by atoms with E-state index in [-0.39, 0.29) is 28.8 Å². The largest absolute Gasteiger partial charge is 0.469 e. The maximum Gasteiger partial charge on any atom is 0.434 e. The molecular formula is C19H20F3N7O2. The number of hydrogen-bond acceptors (Lipinski definition) is 6. The Hall–Kier alpha value is -2.92. The van der Waals surface area contributed by atoms with E-state index in [0.29, 0.717) is 38.3 Å². The van der Waals surface area contributed by atoms with E-state index in [1.54, 1.807) is 0 Å². The first-order valence-corrected chi connectivity index (χ1v) is 10.3. The number of nitrogens with zero attached hydrogens (tertiary/aromatic N) is 6. The molecule has 2 aromatic rings. The molecule has 164 valence electrons. The molecule has 2 saturated carbocycles. The van der Waals surface area contributed by atoms with Crippen molar-refractivity contribution in [2.75, 3.05) is 26.2 Å². The number of hydrogen-bond donors (Lipinski definition) is 1. The van der Waals surface area contributed by atoms with Crippen molar-refractivity contribution in [1.82, 2.24) is 34.9 Å². The lowest BCUT2D eigenvalue weighted by Crippen LogP contribution is -2.56. The Bertz CT molecular complexity index is 999. The minimum atomic E-state index is -4.52. The van der Waals surface area contributed by atoms with Gasteiger partial charge in [-0.1, -0.05) is 0 Å². The first kappa shape index (κ1) is 18.8. The smallest absolute Gasteiger partial charge is 0.434 e. The van der Waals surface area contributed by atoms with E-state index in [1.807, 2.05) is 9.80 Å². The van der Waals surface area contributed by atoms with Crippen LogP contribution < -0.4 is 4.74 Å². The van der Waals surface area contributed by atoms with Gasteiger partial charge in [-0.3, -0.25) is 5.10 Å². The zero-order valence-electron chi connectivity index (χ0n) is 16.5. The molecule has 1 atom stereocenters. The van der Waals surface area contributed by atoms with Crippen LogP contribution in [0.15, 0.2) is 18.7 Å². The molecule has 4 aliphatic rings. The second kappa shape index (κ2) is 6.07. The predicted molar refractivity (Wildman–Crippen MR) is 97.8 cm³/mol. The molecular weight excluding hydrogens is 415 g/mol. The minimum absolute atomic E-state index is 0.0293. The van der Waals surface area contributed by atoms with Gasteiger partial charge in [0.05, 0.1) is 12.4 Å². The lowest BCUT2D eigenvalue weighted by atomic mass is 9.89. The van der Waals surface area contributed by atoms with Crippen LogP contribution in [0.4, 0.5) is 18.0 Å². The molecule has 4 heterocycles. The van der Waals surface area contributed by atoms with E-state index in [4.69, 9.17) is 4.74 Å². The molecule has 2 saturated heterocycles. The molecule has 2 amide bonds. The Kier molecular flexibility index (Phi) is 3.69. The maximum atomic E-state index is 12.8. The first-order chi connectivity index (χ1) is 14.8. The van der Waals surface area contributed by atoms with Crippen LogP contribution in [0.25, 0.3) is 0 Å². The van der Waals surface area contributed by atoms with E-state index >= 15 is 0 Å². The fourth-order valence-electron chi connectivity index (χ4n) is 5.18. The zero-order chi connectivity index (χ0) is 21.4. The summed E-state index contributed by atoms with van der Waals surface area (Å²) in [7, 11) is 0. The number of ether oxygens (including phenoxy) is 1. The minimum Gasteiger partial charge on any atom is -0.469 e. The molecule has 0 radical (unpaired) electrons. The number of carbonyl (C=O) groups is 1. The number of halogens is 3. The molecule has 1 N–H and O–H groups in total. The Balaban J connectivity index is 1.01.